The van der Waals surface area contributed by atoms with Gasteiger partial charge in [-0.2, -0.15) is 0 Å². The molecule has 1 aromatic rings. The lowest BCUT2D eigenvalue weighted by Gasteiger charge is -2.31. The Morgan fingerprint density at radius 3 is 1.76 bits per heavy atom. The molecule has 63 heavy (non-hydrogen) atoms. The Hall–Kier alpha value is -6.70. The number of aliphatic hydroxyl groups excluding tert-OH is 1. The maximum Gasteiger partial charge on any atom is 0.322 e. The number of hydrogen-bond donors (Lipinski definition) is 13. The minimum Gasteiger partial charge on any atom is -0.481 e. The van der Waals surface area contributed by atoms with Crippen LogP contribution in [0.5, 0.6) is 0 Å². The molecule has 0 unspecified atom stereocenters. The van der Waals surface area contributed by atoms with Gasteiger partial charge in [-0.15, -0.1) is 0 Å². The van der Waals surface area contributed by atoms with Crippen molar-refractivity contribution in [3.8, 4) is 0 Å². The SMILES string of the molecule is CC(C)[C@H](NC(=O)[C@H](C)N)C(=O)N[C@@H](CO)C(=O)N1CCC[C@H]1C(=O)N[C@@H](CC(N)=O)C(=O)N[C@H](C(=O)N[C@@H](Cc1cnc[nH]1)C(=O)N[C@@H](CC(=O)O)C(=O)NCC(=O)O)C(C)C. The van der Waals surface area contributed by atoms with Crippen molar-refractivity contribution < 1.29 is 68.1 Å². The number of nitrogens with two attached hydrogens (primary N) is 2. The third kappa shape index (κ3) is 16.6. The van der Waals surface area contributed by atoms with Crippen molar-refractivity contribution in [2.75, 3.05) is 19.7 Å². The smallest absolute Gasteiger partial charge is 0.322 e. The number of carboxylic acid groups (broad SMARTS) is 2. The number of carbonyl (C=O) groups is 11. The van der Waals surface area contributed by atoms with Gasteiger partial charge in [-0.1, -0.05) is 27.7 Å². The molecule has 0 radical (unpaired) electrons. The lowest BCUT2D eigenvalue weighted by molar-refractivity contribution is -0.143. The average molecular weight is 895 g/mol. The third-order valence-electron chi connectivity index (χ3n) is 9.62. The molecule has 8 atom stereocenters. The van der Waals surface area contributed by atoms with E-state index in [4.69, 9.17) is 16.6 Å². The van der Waals surface area contributed by atoms with Crippen LogP contribution < -0.4 is 48.7 Å². The maximum atomic E-state index is 13.8. The first-order valence-corrected chi connectivity index (χ1v) is 19.9. The van der Waals surface area contributed by atoms with Crippen molar-refractivity contribution in [1.29, 1.82) is 0 Å². The molecule has 0 bridgehead atoms. The Balaban J connectivity index is 2.29. The molecule has 350 valence electrons. The van der Waals surface area contributed by atoms with Crippen LogP contribution in [-0.2, 0) is 59.2 Å². The zero-order valence-electron chi connectivity index (χ0n) is 35.5. The molecular formula is C37H58N12O14. The number of rotatable bonds is 25. The zero-order valence-corrected chi connectivity index (χ0v) is 35.5. The molecule has 0 aliphatic carbocycles. The first-order valence-electron chi connectivity index (χ1n) is 19.9. The van der Waals surface area contributed by atoms with Gasteiger partial charge >= 0.3 is 11.9 Å². The number of aliphatic carboxylic acids is 2. The van der Waals surface area contributed by atoms with Crippen LogP contribution >= 0.6 is 0 Å². The van der Waals surface area contributed by atoms with Gasteiger partial charge in [-0.05, 0) is 31.6 Å². The van der Waals surface area contributed by atoms with Gasteiger partial charge in [-0.3, -0.25) is 52.7 Å². The van der Waals surface area contributed by atoms with E-state index >= 15 is 0 Å². The molecular weight excluding hydrogens is 836 g/mol. The monoisotopic (exact) mass is 894 g/mol. The second-order valence-corrected chi connectivity index (χ2v) is 15.5. The Kier molecular flexibility index (Phi) is 20.5. The van der Waals surface area contributed by atoms with Gasteiger partial charge < -0.3 is 73.9 Å². The molecule has 1 fully saturated rings. The molecule has 15 N–H and O–H groups in total. The minimum atomic E-state index is -1.77. The molecule has 2 rings (SSSR count). The van der Waals surface area contributed by atoms with E-state index in [2.05, 4.69) is 41.9 Å². The number of aliphatic hydroxyl groups is 1. The number of imidazole rings is 1. The summed E-state index contributed by atoms with van der Waals surface area (Å²) < 4.78 is 0. The van der Waals surface area contributed by atoms with Crippen molar-refractivity contribution >= 4 is 65.1 Å². The Bertz CT molecular complexity index is 1840. The van der Waals surface area contributed by atoms with Gasteiger partial charge in [0.05, 0.1) is 31.8 Å². The molecule has 1 saturated heterocycles. The van der Waals surface area contributed by atoms with Crippen LogP contribution in [0.4, 0.5) is 0 Å². The van der Waals surface area contributed by atoms with Crippen LogP contribution in [0.1, 0.15) is 66.0 Å². The second-order valence-electron chi connectivity index (χ2n) is 15.5. The van der Waals surface area contributed by atoms with Crippen LogP contribution in [0.15, 0.2) is 12.5 Å². The molecule has 0 saturated carbocycles. The van der Waals surface area contributed by atoms with Gasteiger partial charge in [0.25, 0.3) is 0 Å². The van der Waals surface area contributed by atoms with Crippen LogP contribution in [0.25, 0.3) is 0 Å². The van der Waals surface area contributed by atoms with E-state index in [0.29, 0.717) is 5.69 Å². The minimum absolute atomic E-state index is 0.00203. The molecule has 26 nitrogen and oxygen atoms in total. The molecule has 1 aliphatic heterocycles. The quantitative estimate of drug-likeness (QED) is 0.0435. The Morgan fingerprint density at radius 1 is 0.730 bits per heavy atom. The van der Waals surface area contributed by atoms with E-state index in [9.17, 15) is 63.0 Å². The van der Waals surface area contributed by atoms with Gasteiger partial charge in [0.1, 0.15) is 48.8 Å². The molecule has 1 aromatic heterocycles. The van der Waals surface area contributed by atoms with Crippen LogP contribution in [0, 0.1) is 11.8 Å². The Labute approximate surface area is 361 Å². The number of nitrogens with zero attached hydrogens (tertiary/aromatic N) is 2. The molecule has 2 heterocycles. The van der Waals surface area contributed by atoms with Crippen molar-refractivity contribution in [3.63, 3.8) is 0 Å². The van der Waals surface area contributed by atoms with E-state index in [1.165, 1.54) is 33.3 Å². The summed E-state index contributed by atoms with van der Waals surface area (Å²) in [5, 5.41) is 44.7. The van der Waals surface area contributed by atoms with E-state index in [0.717, 1.165) is 4.90 Å². The number of primary amides is 1. The maximum absolute atomic E-state index is 13.8. The van der Waals surface area contributed by atoms with E-state index in [1.807, 2.05) is 5.32 Å². The van der Waals surface area contributed by atoms with E-state index in [1.54, 1.807) is 13.8 Å². The first kappa shape index (κ1) is 52.4. The highest BCUT2D eigenvalue weighted by Crippen LogP contribution is 2.20. The normalized spacial score (nSPS) is 16.8. The lowest BCUT2D eigenvalue weighted by atomic mass is 10.0. The zero-order chi connectivity index (χ0) is 47.7. The molecule has 0 spiro atoms. The summed E-state index contributed by atoms with van der Waals surface area (Å²) in [5.74, 6) is -12.7. The summed E-state index contributed by atoms with van der Waals surface area (Å²) in [6.07, 6.45) is 0.902. The number of carbonyl (C=O) groups excluding carboxylic acids is 9. The predicted octanol–water partition coefficient (Wildman–Crippen LogP) is -5.95. The summed E-state index contributed by atoms with van der Waals surface area (Å²) in [5.41, 5.74) is 11.3. The fourth-order valence-electron chi connectivity index (χ4n) is 6.27. The van der Waals surface area contributed by atoms with Crippen molar-refractivity contribution in [2.45, 2.75) is 115 Å². The molecule has 9 amide bonds. The number of nitrogens with one attached hydrogen (secondary N) is 8. The van der Waals surface area contributed by atoms with E-state index < -0.39 is 151 Å². The summed E-state index contributed by atoms with van der Waals surface area (Å²) >= 11 is 0. The fraction of sp³-hybridized carbons (Fsp3) is 0.622. The third-order valence-corrected chi connectivity index (χ3v) is 9.62. The number of hydrogen-bond acceptors (Lipinski definition) is 14. The van der Waals surface area contributed by atoms with Crippen LogP contribution in [0.2, 0.25) is 0 Å². The molecule has 26 heteroatoms. The van der Waals surface area contributed by atoms with Gasteiger partial charge in [0.15, 0.2) is 0 Å². The lowest BCUT2D eigenvalue weighted by Crippen LogP contribution is -2.61. The van der Waals surface area contributed by atoms with Crippen molar-refractivity contribution in [3.05, 3.63) is 18.2 Å². The molecule has 1 aliphatic rings. The topological polar surface area (TPSA) is 417 Å². The standard InChI is InChI=1S/C37H58N12O14/c1-16(2)28(47-30(56)18(5)38)36(62)46-23(14-50)37(63)49-8-6-7-24(49)34(60)44-21(10-25(39)51)33(59)48-29(17(3)4)35(61)45-20(9-19-12-40-15-42-19)32(58)43-22(11-26(52)53)31(57)41-13-27(54)55/h12,15-18,20-24,28-29,50H,6-11,13-14,38H2,1-5H3,(H2,39,51)(H,40,42)(H,41,57)(H,43,58)(H,44,60)(H,45,61)(H,46,62)(H,47,56)(H,48,59)(H,52,53)(H,54,55)/t18-,20-,21-,22-,23-,24-,28-,29-/m0/s1. The summed E-state index contributed by atoms with van der Waals surface area (Å²) in [6, 6.07) is -11.4. The summed E-state index contributed by atoms with van der Waals surface area (Å²) in [7, 11) is 0. The number of amides is 9. The number of H-pyrrole nitrogens is 1. The predicted molar refractivity (Wildman–Crippen MR) is 216 cm³/mol. The average Bonchev–Trinajstić information content (AvgIpc) is 3.91. The van der Waals surface area contributed by atoms with Crippen molar-refractivity contribution in [1.82, 2.24) is 52.1 Å². The fourth-order valence-corrected chi connectivity index (χ4v) is 6.27. The summed E-state index contributed by atoms with van der Waals surface area (Å²) in [4.78, 5) is 149. The number of likely N-dealkylation sites (tertiary alicyclic amines) is 1. The largest absolute Gasteiger partial charge is 0.481 e. The van der Waals surface area contributed by atoms with Gasteiger partial charge in [0.2, 0.25) is 53.2 Å². The number of carboxylic acids is 2. The second kappa shape index (κ2) is 24.7. The first-order chi connectivity index (χ1) is 29.5. The van der Waals surface area contributed by atoms with Gasteiger partial charge in [0, 0.05) is 24.9 Å². The molecule has 0 aromatic carbocycles. The highest BCUT2D eigenvalue weighted by Gasteiger charge is 2.41. The van der Waals surface area contributed by atoms with E-state index in [-0.39, 0.29) is 25.8 Å². The van der Waals surface area contributed by atoms with Crippen LogP contribution in [-0.4, -0.2) is 163 Å². The van der Waals surface area contributed by atoms with Gasteiger partial charge in [-0.25, -0.2) is 4.98 Å². The number of aromatic amines is 1. The summed E-state index contributed by atoms with van der Waals surface area (Å²) in [6.45, 7) is 5.93. The van der Waals surface area contributed by atoms with Crippen molar-refractivity contribution in [2.24, 2.45) is 23.3 Å². The highest BCUT2D eigenvalue weighted by molar-refractivity contribution is 5.99. The number of aromatic nitrogens is 2. The highest BCUT2D eigenvalue weighted by atomic mass is 16.4. The Morgan fingerprint density at radius 2 is 1.27 bits per heavy atom. The van der Waals surface area contributed by atoms with Crippen LogP contribution in [0.3, 0.4) is 0 Å².